The Hall–Kier alpha value is -1.79. The van der Waals surface area contributed by atoms with Gasteiger partial charge in [-0.05, 0) is 18.2 Å². The highest BCUT2D eigenvalue weighted by Crippen LogP contribution is 2.31. The number of hydrogen-bond acceptors (Lipinski definition) is 6. The Bertz CT molecular complexity index is 600. The number of carboxylic acid groups (broad SMARTS) is 1. The molecule has 2 rings (SSSR count). The second-order valence-corrected chi connectivity index (χ2v) is 4.96. The van der Waals surface area contributed by atoms with E-state index in [1.54, 1.807) is 30.7 Å². The second-order valence-electron chi connectivity index (χ2n) is 3.66. The molecule has 0 aliphatic rings. The van der Waals surface area contributed by atoms with Crippen LogP contribution in [0.15, 0.2) is 23.6 Å². The number of anilines is 2. The fourth-order valence-electron chi connectivity index (χ4n) is 1.49. The van der Waals surface area contributed by atoms with E-state index in [9.17, 15) is 9.90 Å². The Kier molecular flexibility index (Phi) is 4.24. The van der Waals surface area contributed by atoms with E-state index in [1.807, 2.05) is 0 Å². The first kappa shape index (κ1) is 13.6. The van der Waals surface area contributed by atoms with Gasteiger partial charge in [0.1, 0.15) is 5.75 Å². The molecule has 5 nitrogen and oxygen atoms in total. The normalized spacial score (nSPS) is 10.2. The third kappa shape index (κ3) is 3.59. The lowest BCUT2D eigenvalue weighted by Crippen LogP contribution is -2.24. The molecule has 19 heavy (non-hydrogen) atoms. The maximum absolute atomic E-state index is 10.5. The van der Waals surface area contributed by atoms with E-state index in [4.69, 9.17) is 16.3 Å². The number of carbonyl (C=O) groups is 1. The van der Waals surface area contributed by atoms with Crippen LogP contribution in [0.2, 0.25) is 5.02 Å². The minimum atomic E-state index is -1.16. The van der Waals surface area contributed by atoms with Gasteiger partial charge >= 0.3 is 0 Å². The van der Waals surface area contributed by atoms with Crippen molar-refractivity contribution < 1.29 is 14.6 Å². The highest BCUT2D eigenvalue weighted by atomic mass is 35.5. The molecule has 0 saturated heterocycles. The number of ether oxygens (including phenoxy) is 1. The van der Waals surface area contributed by atoms with Crippen molar-refractivity contribution in [2.75, 3.05) is 12.4 Å². The topological polar surface area (TPSA) is 74.3 Å². The molecule has 0 aliphatic heterocycles. The van der Waals surface area contributed by atoms with Gasteiger partial charge in [-0.25, -0.2) is 4.98 Å². The number of methoxy groups -OCH3 is 1. The lowest BCUT2D eigenvalue weighted by atomic mass is 10.3. The number of halogens is 1. The summed E-state index contributed by atoms with van der Waals surface area (Å²) in [5.41, 5.74) is 1.12. The first-order valence-electron chi connectivity index (χ1n) is 5.33. The first-order chi connectivity index (χ1) is 9.08. The standard InChI is InChI=1S/C12H11ClN2O3S/c1-18-10-3-2-7(13)4-9(10)15-12-14-8(6-19-12)5-11(16)17/h2-4,6H,5H2,1H3,(H,14,15)(H,16,17)/p-1. The molecule has 1 heterocycles. The fraction of sp³-hybridized carbons (Fsp3) is 0.167. The van der Waals surface area contributed by atoms with Crippen molar-refractivity contribution in [3.63, 3.8) is 0 Å². The summed E-state index contributed by atoms with van der Waals surface area (Å²) in [5, 5.41) is 16.3. The van der Waals surface area contributed by atoms with E-state index >= 15 is 0 Å². The Balaban J connectivity index is 2.18. The highest BCUT2D eigenvalue weighted by molar-refractivity contribution is 7.13. The van der Waals surface area contributed by atoms with Crippen LogP contribution in [0.3, 0.4) is 0 Å². The molecule has 1 N–H and O–H groups in total. The van der Waals surface area contributed by atoms with E-state index in [0.717, 1.165) is 0 Å². The minimum absolute atomic E-state index is 0.204. The highest BCUT2D eigenvalue weighted by Gasteiger charge is 2.07. The lowest BCUT2D eigenvalue weighted by molar-refractivity contribution is -0.304. The molecule has 0 spiro atoms. The molecule has 1 aromatic carbocycles. The molecule has 0 aliphatic carbocycles. The maximum Gasteiger partial charge on any atom is 0.187 e. The summed E-state index contributed by atoms with van der Waals surface area (Å²) in [6, 6.07) is 5.16. The largest absolute Gasteiger partial charge is 0.550 e. The van der Waals surface area contributed by atoms with Crippen molar-refractivity contribution in [3.8, 4) is 5.75 Å². The predicted molar refractivity (Wildman–Crippen MR) is 72.1 cm³/mol. The fourth-order valence-corrected chi connectivity index (χ4v) is 2.38. The summed E-state index contributed by atoms with van der Waals surface area (Å²) in [6.45, 7) is 0. The molecule has 0 radical (unpaired) electrons. The molecule has 1 aromatic heterocycles. The van der Waals surface area contributed by atoms with Crippen molar-refractivity contribution in [2.45, 2.75) is 6.42 Å². The lowest BCUT2D eigenvalue weighted by Gasteiger charge is -2.09. The van der Waals surface area contributed by atoms with Gasteiger partial charge in [-0.3, -0.25) is 0 Å². The van der Waals surface area contributed by atoms with Gasteiger partial charge < -0.3 is 20.0 Å². The van der Waals surface area contributed by atoms with Crippen molar-refractivity contribution in [1.29, 1.82) is 0 Å². The van der Waals surface area contributed by atoms with Gasteiger partial charge in [0.25, 0.3) is 0 Å². The Morgan fingerprint density at radius 3 is 3.05 bits per heavy atom. The molecule has 7 heteroatoms. The van der Waals surface area contributed by atoms with E-state index < -0.39 is 5.97 Å². The summed E-state index contributed by atoms with van der Waals surface area (Å²) in [7, 11) is 1.55. The van der Waals surface area contributed by atoms with Crippen LogP contribution in [0.25, 0.3) is 0 Å². The van der Waals surface area contributed by atoms with Gasteiger partial charge in [0.15, 0.2) is 5.13 Å². The average molecular weight is 298 g/mol. The monoisotopic (exact) mass is 297 g/mol. The summed E-state index contributed by atoms with van der Waals surface area (Å²) in [5.74, 6) is -0.529. The quantitative estimate of drug-likeness (QED) is 0.911. The molecule has 0 fully saturated rings. The van der Waals surface area contributed by atoms with Gasteiger partial charge in [0, 0.05) is 22.8 Å². The van der Waals surface area contributed by atoms with Crippen molar-refractivity contribution >= 4 is 39.7 Å². The number of thiazole rings is 1. The SMILES string of the molecule is COc1ccc(Cl)cc1Nc1nc(CC(=O)[O-])cs1. The van der Waals surface area contributed by atoms with Crippen LogP contribution in [0.5, 0.6) is 5.75 Å². The van der Waals surface area contributed by atoms with Gasteiger partial charge in [-0.15, -0.1) is 11.3 Å². The molecule has 0 amide bonds. The van der Waals surface area contributed by atoms with Crippen LogP contribution in [-0.4, -0.2) is 18.1 Å². The van der Waals surface area contributed by atoms with E-state index in [-0.39, 0.29) is 6.42 Å². The van der Waals surface area contributed by atoms with Gasteiger partial charge in [-0.1, -0.05) is 11.6 Å². The summed E-state index contributed by atoms with van der Waals surface area (Å²) in [6.07, 6.45) is -0.204. The molecular weight excluding hydrogens is 288 g/mol. The number of nitrogens with zero attached hydrogens (tertiary/aromatic N) is 1. The Morgan fingerprint density at radius 2 is 2.37 bits per heavy atom. The maximum atomic E-state index is 10.5. The van der Waals surface area contributed by atoms with Gasteiger partial charge in [0.2, 0.25) is 0 Å². The molecule has 0 atom stereocenters. The Labute approximate surface area is 118 Å². The zero-order valence-electron chi connectivity index (χ0n) is 9.97. The zero-order chi connectivity index (χ0) is 13.8. The number of aliphatic carboxylic acids is 1. The third-order valence-electron chi connectivity index (χ3n) is 2.28. The van der Waals surface area contributed by atoms with Crippen molar-refractivity contribution in [3.05, 3.63) is 34.3 Å². The average Bonchev–Trinajstić information content (AvgIpc) is 2.76. The van der Waals surface area contributed by atoms with Crippen LogP contribution in [-0.2, 0) is 11.2 Å². The van der Waals surface area contributed by atoms with E-state index in [1.165, 1.54) is 11.3 Å². The number of hydrogen-bond donors (Lipinski definition) is 1. The number of nitrogens with one attached hydrogen (secondary N) is 1. The van der Waals surface area contributed by atoms with E-state index in [0.29, 0.717) is 27.3 Å². The summed E-state index contributed by atoms with van der Waals surface area (Å²) >= 11 is 7.21. The van der Waals surface area contributed by atoms with Crippen LogP contribution in [0.1, 0.15) is 5.69 Å². The third-order valence-corrected chi connectivity index (χ3v) is 3.32. The molecular formula is C12H10ClN2O3S-. The number of aromatic nitrogens is 1. The molecule has 0 bridgehead atoms. The van der Waals surface area contributed by atoms with Crippen LogP contribution < -0.4 is 15.2 Å². The van der Waals surface area contributed by atoms with Gasteiger partial charge in [0.05, 0.1) is 18.5 Å². The van der Waals surface area contributed by atoms with Crippen LogP contribution >= 0.6 is 22.9 Å². The van der Waals surface area contributed by atoms with Crippen LogP contribution in [0.4, 0.5) is 10.8 Å². The first-order valence-corrected chi connectivity index (χ1v) is 6.59. The van der Waals surface area contributed by atoms with E-state index in [2.05, 4.69) is 10.3 Å². The van der Waals surface area contributed by atoms with Crippen molar-refractivity contribution in [1.82, 2.24) is 4.98 Å². The summed E-state index contributed by atoms with van der Waals surface area (Å²) in [4.78, 5) is 14.6. The molecule has 0 saturated carbocycles. The zero-order valence-corrected chi connectivity index (χ0v) is 11.5. The molecule has 100 valence electrons. The second kappa shape index (κ2) is 5.90. The smallest absolute Gasteiger partial charge is 0.187 e. The predicted octanol–water partition coefficient (Wildman–Crippen LogP) is 1.84. The minimum Gasteiger partial charge on any atom is -0.550 e. The number of carboxylic acids is 1. The molecule has 0 unspecified atom stereocenters. The van der Waals surface area contributed by atoms with Gasteiger partial charge in [-0.2, -0.15) is 0 Å². The number of carbonyl (C=O) groups excluding carboxylic acids is 1. The number of benzene rings is 1. The number of rotatable bonds is 5. The van der Waals surface area contributed by atoms with Crippen molar-refractivity contribution in [2.24, 2.45) is 0 Å². The molecule has 2 aromatic rings. The summed E-state index contributed by atoms with van der Waals surface area (Å²) < 4.78 is 5.20. The van der Waals surface area contributed by atoms with Crippen LogP contribution in [0, 0.1) is 0 Å². The Morgan fingerprint density at radius 1 is 1.58 bits per heavy atom.